The monoisotopic (exact) mass is 480 g/mol. The third kappa shape index (κ3) is 3.32. The Morgan fingerprint density at radius 1 is 1.03 bits per heavy atom. The van der Waals surface area contributed by atoms with E-state index in [1.807, 2.05) is 44.2 Å². The van der Waals surface area contributed by atoms with Crippen molar-refractivity contribution in [2.45, 2.75) is 32.6 Å². The molecule has 2 aromatic carbocycles. The summed E-state index contributed by atoms with van der Waals surface area (Å²) >= 11 is 3.52. The average Bonchev–Trinajstić information content (AvgIpc) is 3.40. The molecule has 0 aromatic heterocycles. The third-order valence-electron chi connectivity index (χ3n) is 7.36. The van der Waals surface area contributed by atoms with Crippen LogP contribution in [0.25, 0.3) is 0 Å². The second kappa shape index (κ2) is 7.59. The number of imide groups is 1. The van der Waals surface area contributed by atoms with Gasteiger partial charge < -0.3 is 5.32 Å². The molecule has 5 nitrogen and oxygen atoms in total. The van der Waals surface area contributed by atoms with E-state index in [4.69, 9.17) is 0 Å². The minimum atomic E-state index is -0.338. The van der Waals surface area contributed by atoms with Crippen molar-refractivity contribution in [3.05, 3.63) is 63.6 Å². The van der Waals surface area contributed by atoms with E-state index >= 15 is 0 Å². The summed E-state index contributed by atoms with van der Waals surface area (Å²) < 4.78 is 1.01. The number of hydrogen-bond donors (Lipinski definition) is 1. The molecule has 0 radical (unpaired) electrons. The van der Waals surface area contributed by atoms with Crippen LogP contribution < -0.4 is 5.32 Å². The van der Waals surface area contributed by atoms with Crippen LogP contribution in [0.5, 0.6) is 0 Å². The van der Waals surface area contributed by atoms with Gasteiger partial charge in [-0.05, 0) is 73.3 Å². The molecular weight excluding hydrogens is 456 g/mol. The zero-order chi connectivity index (χ0) is 21.9. The number of benzene rings is 2. The number of amides is 3. The summed E-state index contributed by atoms with van der Waals surface area (Å²) in [7, 11) is 0. The first-order valence-corrected chi connectivity index (χ1v) is 11.6. The van der Waals surface area contributed by atoms with Gasteiger partial charge in [0.2, 0.25) is 17.7 Å². The number of fused-ring (bicyclic) bond motifs is 5. The molecule has 2 aromatic rings. The smallest absolute Gasteiger partial charge is 0.244 e. The van der Waals surface area contributed by atoms with Crippen molar-refractivity contribution in [2.24, 2.45) is 23.7 Å². The fourth-order valence-electron chi connectivity index (χ4n) is 6.12. The second-order valence-electron chi connectivity index (χ2n) is 9.20. The Kier molecular flexibility index (Phi) is 5.00. The van der Waals surface area contributed by atoms with Crippen molar-refractivity contribution in [3.8, 4) is 0 Å². The number of halogens is 1. The predicted molar refractivity (Wildman–Crippen MR) is 121 cm³/mol. The quantitative estimate of drug-likeness (QED) is 0.658. The van der Waals surface area contributed by atoms with E-state index in [-0.39, 0.29) is 47.9 Å². The fraction of sp³-hybridized carbons (Fsp3) is 0.400. The number of carbonyl (C=O) groups excluding carboxylic acids is 3. The molecule has 2 bridgehead atoms. The van der Waals surface area contributed by atoms with Gasteiger partial charge in [0.15, 0.2) is 0 Å². The van der Waals surface area contributed by atoms with Gasteiger partial charge >= 0.3 is 0 Å². The lowest BCUT2D eigenvalue weighted by Crippen LogP contribution is -2.39. The lowest BCUT2D eigenvalue weighted by Gasteiger charge is -2.28. The number of nitrogens with zero attached hydrogens (tertiary/aromatic N) is 1. The third-order valence-corrected chi connectivity index (χ3v) is 8.61. The van der Waals surface area contributed by atoms with Crippen LogP contribution in [0.3, 0.4) is 0 Å². The summed E-state index contributed by atoms with van der Waals surface area (Å²) in [4.78, 5) is 40.2. The Morgan fingerprint density at radius 3 is 2.35 bits per heavy atom. The maximum absolute atomic E-state index is 13.2. The van der Waals surface area contributed by atoms with Gasteiger partial charge in [-0.2, -0.15) is 0 Å². The molecule has 31 heavy (non-hydrogen) atoms. The molecule has 5 atom stereocenters. The summed E-state index contributed by atoms with van der Waals surface area (Å²) in [6, 6.07) is 14.1. The number of aryl methyl sites for hydroxylation is 2. The Labute approximate surface area is 190 Å². The van der Waals surface area contributed by atoms with Crippen molar-refractivity contribution in [3.63, 3.8) is 0 Å². The summed E-state index contributed by atoms with van der Waals surface area (Å²) in [5.74, 6) is -0.431. The van der Waals surface area contributed by atoms with Gasteiger partial charge in [0.1, 0.15) is 6.54 Å². The number of carbonyl (C=O) groups is 3. The highest BCUT2D eigenvalue weighted by atomic mass is 79.9. The highest BCUT2D eigenvalue weighted by molar-refractivity contribution is 9.10. The lowest BCUT2D eigenvalue weighted by atomic mass is 9.73. The Hall–Kier alpha value is -2.47. The number of nitrogens with one attached hydrogen (secondary N) is 1. The first-order chi connectivity index (χ1) is 14.8. The van der Waals surface area contributed by atoms with Gasteiger partial charge in [0, 0.05) is 10.2 Å². The predicted octanol–water partition coefficient (Wildman–Crippen LogP) is 4.43. The number of likely N-dealkylation sites (tertiary alicyclic amines) is 1. The highest BCUT2D eigenvalue weighted by Gasteiger charge is 2.63. The molecule has 5 rings (SSSR count). The molecule has 3 aliphatic rings. The molecule has 3 amide bonds. The van der Waals surface area contributed by atoms with E-state index < -0.39 is 0 Å². The van der Waals surface area contributed by atoms with Crippen LogP contribution >= 0.6 is 15.9 Å². The van der Waals surface area contributed by atoms with E-state index in [2.05, 4.69) is 33.4 Å². The molecule has 1 aliphatic heterocycles. The van der Waals surface area contributed by atoms with Crippen LogP contribution in [0.1, 0.15) is 35.4 Å². The minimum Gasteiger partial charge on any atom is -0.325 e. The maximum Gasteiger partial charge on any atom is 0.244 e. The molecule has 3 fully saturated rings. The fourth-order valence-corrected chi connectivity index (χ4v) is 6.35. The van der Waals surface area contributed by atoms with Crippen molar-refractivity contribution in [1.82, 2.24) is 4.90 Å². The summed E-state index contributed by atoms with van der Waals surface area (Å²) in [6.45, 7) is 3.70. The van der Waals surface area contributed by atoms with Crippen LogP contribution in [0.4, 0.5) is 5.69 Å². The molecular formula is C25H25BrN2O3. The van der Waals surface area contributed by atoms with Crippen molar-refractivity contribution >= 4 is 39.3 Å². The van der Waals surface area contributed by atoms with Crippen LogP contribution in [-0.2, 0) is 14.4 Å². The lowest BCUT2D eigenvalue weighted by molar-refractivity contribution is -0.143. The van der Waals surface area contributed by atoms with Crippen LogP contribution in [-0.4, -0.2) is 29.2 Å². The van der Waals surface area contributed by atoms with E-state index in [0.29, 0.717) is 11.6 Å². The molecule has 0 spiro atoms. The second-order valence-corrected chi connectivity index (χ2v) is 9.99. The van der Waals surface area contributed by atoms with E-state index in [0.717, 1.165) is 28.4 Å². The standard InChI is InChI=1S/C25H25BrN2O3/c1-13-8-17(9-14(2)23(13)26)27-20(29)12-28-24(30)21-16-10-18(15-6-4-3-5-7-15)19(11-16)22(21)25(28)31/h3-9,16,18-19,21-22H,10-12H2,1-2H3,(H,27,29). The summed E-state index contributed by atoms with van der Waals surface area (Å²) in [5, 5.41) is 2.85. The van der Waals surface area contributed by atoms with Gasteiger partial charge in [-0.1, -0.05) is 46.3 Å². The zero-order valence-electron chi connectivity index (χ0n) is 17.6. The van der Waals surface area contributed by atoms with E-state index in [9.17, 15) is 14.4 Å². The van der Waals surface area contributed by atoms with Gasteiger partial charge in [0.25, 0.3) is 0 Å². The average molecular weight is 481 g/mol. The SMILES string of the molecule is Cc1cc(NC(=O)CN2C(=O)C3C4CC(c5ccccc5)C(C4)C3C2=O)cc(C)c1Br. The van der Waals surface area contributed by atoms with Gasteiger partial charge in [-0.3, -0.25) is 19.3 Å². The van der Waals surface area contributed by atoms with Gasteiger partial charge in [-0.15, -0.1) is 0 Å². The van der Waals surface area contributed by atoms with Gasteiger partial charge in [-0.25, -0.2) is 0 Å². The summed E-state index contributed by atoms with van der Waals surface area (Å²) in [5.41, 5.74) is 3.96. The van der Waals surface area contributed by atoms with Crippen molar-refractivity contribution in [1.29, 1.82) is 0 Å². The maximum atomic E-state index is 13.2. The van der Waals surface area contributed by atoms with E-state index in [1.54, 1.807) is 0 Å². The molecule has 1 saturated heterocycles. The number of anilines is 1. The van der Waals surface area contributed by atoms with Crippen LogP contribution in [0, 0.1) is 37.5 Å². The van der Waals surface area contributed by atoms with Crippen LogP contribution in [0.2, 0.25) is 0 Å². The van der Waals surface area contributed by atoms with Crippen molar-refractivity contribution in [2.75, 3.05) is 11.9 Å². The Morgan fingerprint density at radius 2 is 1.68 bits per heavy atom. The molecule has 1 N–H and O–H groups in total. The van der Waals surface area contributed by atoms with Gasteiger partial charge in [0.05, 0.1) is 11.8 Å². The first kappa shape index (κ1) is 20.4. The number of hydrogen-bond acceptors (Lipinski definition) is 3. The molecule has 160 valence electrons. The molecule has 1 heterocycles. The summed E-state index contributed by atoms with van der Waals surface area (Å²) in [6.07, 6.45) is 1.89. The molecule has 2 saturated carbocycles. The molecule has 2 aliphatic carbocycles. The zero-order valence-corrected chi connectivity index (χ0v) is 19.2. The van der Waals surface area contributed by atoms with Crippen LogP contribution in [0.15, 0.2) is 46.9 Å². The normalized spacial score (nSPS) is 28.9. The molecule has 5 unspecified atom stereocenters. The molecule has 6 heteroatoms. The Bertz CT molecular complexity index is 1060. The highest BCUT2D eigenvalue weighted by Crippen LogP contribution is 2.61. The van der Waals surface area contributed by atoms with E-state index in [1.165, 1.54) is 10.5 Å². The Balaban J connectivity index is 1.31. The topological polar surface area (TPSA) is 66.5 Å². The number of rotatable bonds is 4. The largest absolute Gasteiger partial charge is 0.325 e. The minimum absolute atomic E-state index is 0.160. The van der Waals surface area contributed by atoms with Crippen molar-refractivity contribution < 1.29 is 14.4 Å². The first-order valence-electron chi connectivity index (χ1n) is 10.8.